The molecule has 20 heavy (non-hydrogen) atoms. The van der Waals surface area contributed by atoms with Crippen LogP contribution in [-0.4, -0.2) is 12.1 Å². The summed E-state index contributed by atoms with van der Waals surface area (Å²) in [7, 11) is 0. The minimum atomic E-state index is -0.825. The Kier molecular flexibility index (Phi) is 3.91. The number of halogens is 1. The second-order valence-corrected chi connectivity index (χ2v) is 4.51. The Balaban J connectivity index is 2.54. The first kappa shape index (κ1) is 13.9. The number of amides is 1. The minimum absolute atomic E-state index is 0.204. The second-order valence-electron chi connectivity index (χ2n) is 4.07. The van der Waals surface area contributed by atoms with Crippen molar-refractivity contribution in [3.8, 4) is 11.1 Å². The van der Waals surface area contributed by atoms with Gasteiger partial charge in [-0.1, -0.05) is 23.7 Å². The van der Waals surface area contributed by atoms with E-state index in [-0.39, 0.29) is 5.56 Å². The van der Waals surface area contributed by atoms with Crippen LogP contribution in [0.4, 0.5) is 5.69 Å². The zero-order valence-electron chi connectivity index (χ0n) is 10.3. The van der Waals surface area contributed by atoms with Crippen molar-refractivity contribution in [2.75, 3.05) is 5.73 Å². The summed E-state index contributed by atoms with van der Waals surface area (Å²) in [5.74, 6) is -0.825. The van der Waals surface area contributed by atoms with Gasteiger partial charge in [0.25, 0.3) is 0 Å². The topological polar surface area (TPSA) is 96.4 Å². The summed E-state index contributed by atoms with van der Waals surface area (Å²) in [4.78, 5) is 21.3. The summed E-state index contributed by atoms with van der Waals surface area (Å²) in [5, 5.41) is 10.2. The van der Waals surface area contributed by atoms with E-state index >= 15 is 0 Å². The lowest BCUT2D eigenvalue weighted by atomic mass is 9.98. The third kappa shape index (κ3) is 2.57. The van der Waals surface area contributed by atoms with Crippen molar-refractivity contribution < 1.29 is 4.79 Å². The van der Waals surface area contributed by atoms with Crippen LogP contribution >= 0.6 is 11.6 Å². The molecule has 0 aliphatic heterocycles. The number of carbonyl (C=O) groups excluding carboxylic acids is 1. The predicted molar refractivity (Wildman–Crippen MR) is 79.3 cm³/mol. The maximum Gasteiger partial charge on any atom is 0.316 e. The molecule has 0 atom stereocenters. The Morgan fingerprint density at radius 2 is 1.90 bits per heavy atom. The van der Waals surface area contributed by atoms with Crippen molar-refractivity contribution in [3.63, 3.8) is 0 Å². The van der Waals surface area contributed by atoms with Gasteiger partial charge in [-0.25, -0.2) is 0 Å². The Morgan fingerprint density at radius 3 is 2.45 bits per heavy atom. The van der Waals surface area contributed by atoms with Gasteiger partial charge >= 0.3 is 5.91 Å². The normalized spacial score (nSPS) is 10.1. The maximum absolute atomic E-state index is 11.1. The molecule has 2 aromatic rings. The second kappa shape index (κ2) is 5.63. The molecule has 5 nitrogen and oxygen atoms in total. The summed E-state index contributed by atoms with van der Waals surface area (Å²) in [6, 6.07) is 9.54. The van der Waals surface area contributed by atoms with Gasteiger partial charge in [0.15, 0.2) is 0 Å². The molecule has 0 bridgehead atoms. The maximum atomic E-state index is 11.1. The lowest BCUT2D eigenvalue weighted by Gasteiger charge is -2.10. The van der Waals surface area contributed by atoms with Crippen LogP contribution in [0.5, 0.6) is 0 Å². The van der Waals surface area contributed by atoms with Gasteiger partial charge in [0, 0.05) is 33.2 Å². The van der Waals surface area contributed by atoms with E-state index < -0.39 is 5.91 Å². The van der Waals surface area contributed by atoms with Gasteiger partial charge in [-0.05, 0) is 35.4 Å². The third-order valence-corrected chi connectivity index (χ3v) is 3.07. The van der Waals surface area contributed by atoms with Crippen molar-refractivity contribution in [3.05, 3.63) is 57.5 Å². The zero-order valence-corrected chi connectivity index (χ0v) is 11.0. The highest BCUT2D eigenvalue weighted by molar-refractivity contribution is 6.31. The van der Waals surface area contributed by atoms with Gasteiger partial charge in [0.1, 0.15) is 0 Å². The number of hydrogen-bond acceptors (Lipinski definition) is 4. The number of anilines is 1. The lowest BCUT2D eigenvalue weighted by Crippen LogP contribution is -1.97. The number of rotatable bonds is 3. The molecular weight excluding hydrogens is 278 g/mol. The average molecular weight is 288 g/mol. The summed E-state index contributed by atoms with van der Waals surface area (Å²) >= 11 is 5.97. The van der Waals surface area contributed by atoms with Gasteiger partial charge in [-0.3, -0.25) is 4.79 Å². The van der Waals surface area contributed by atoms with Gasteiger partial charge in [0.2, 0.25) is 0 Å². The standard InChI is InChI=1S/C14H10ClN3O2/c15-10-5-11(12(7-16)13(17)6-10)8-1-3-9(4-2-8)14(19)18-20/h1-7,16H,17H2. The first-order valence-corrected chi connectivity index (χ1v) is 6.02. The van der Waals surface area contributed by atoms with Crippen LogP contribution < -0.4 is 5.73 Å². The molecule has 0 heterocycles. The summed E-state index contributed by atoms with van der Waals surface area (Å²) in [6.45, 7) is 0. The van der Waals surface area contributed by atoms with Crippen LogP contribution in [0.2, 0.25) is 5.02 Å². The van der Waals surface area contributed by atoms with Crippen LogP contribution in [0.15, 0.2) is 41.6 Å². The fraction of sp³-hybridized carbons (Fsp3) is 0. The van der Waals surface area contributed by atoms with E-state index in [2.05, 4.69) is 5.18 Å². The molecular formula is C14H10ClN3O2. The Morgan fingerprint density at radius 1 is 1.25 bits per heavy atom. The van der Waals surface area contributed by atoms with Gasteiger partial charge in [-0.15, -0.1) is 4.91 Å². The number of carbonyl (C=O) groups is 1. The number of nitrogens with zero attached hydrogens (tertiary/aromatic N) is 1. The molecule has 0 radical (unpaired) electrons. The Hall–Kier alpha value is -2.53. The fourth-order valence-corrected chi connectivity index (χ4v) is 2.11. The summed E-state index contributed by atoms with van der Waals surface area (Å²) in [6.07, 6.45) is 1.15. The van der Waals surface area contributed by atoms with Crippen LogP contribution in [0, 0.1) is 10.3 Å². The largest absolute Gasteiger partial charge is 0.398 e. The average Bonchev–Trinajstić information content (AvgIpc) is 2.46. The molecule has 2 rings (SSSR count). The SMILES string of the molecule is N=Cc1c(N)cc(Cl)cc1-c1ccc(C(=O)N=O)cc1. The monoisotopic (exact) mass is 287 g/mol. The number of nitrogens with two attached hydrogens (primary N) is 1. The smallest absolute Gasteiger partial charge is 0.316 e. The van der Waals surface area contributed by atoms with Gasteiger partial charge in [0.05, 0.1) is 0 Å². The molecule has 0 aliphatic rings. The van der Waals surface area contributed by atoms with E-state index in [4.69, 9.17) is 22.7 Å². The minimum Gasteiger partial charge on any atom is -0.398 e. The fourth-order valence-electron chi connectivity index (χ4n) is 1.88. The van der Waals surface area contributed by atoms with E-state index in [0.717, 1.165) is 11.8 Å². The molecule has 0 saturated heterocycles. The van der Waals surface area contributed by atoms with Gasteiger partial charge < -0.3 is 11.1 Å². The van der Waals surface area contributed by atoms with Crippen LogP contribution in [-0.2, 0) is 0 Å². The lowest BCUT2D eigenvalue weighted by molar-refractivity contribution is 0.100. The first-order chi connectivity index (χ1) is 9.56. The van der Waals surface area contributed by atoms with E-state index in [1.165, 1.54) is 12.1 Å². The number of nitrogen functional groups attached to an aromatic ring is 1. The van der Waals surface area contributed by atoms with E-state index in [9.17, 15) is 9.70 Å². The molecule has 2 aromatic carbocycles. The highest BCUT2D eigenvalue weighted by Gasteiger charge is 2.10. The number of benzene rings is 2. The molecule has 0 unspecified atom stereocenters. The molecule has 0 saturated carbocycles. The summed E-state index contributed by atoms with van der Waals surface area (Å²) < 4.78 is 0. The number of hydrogen-bond donors (Lipinski definition) is 2. The van der Waals surface area contributed by atoms with Crippen molar-refractivity contribution >= 4 is 29.4 Å². The van der Waals surface area contributed by atoms with Crippen molar-refractivity contribution in [2.24, 2.45) is 5.18 Å². The molecule has 0 aliphatic carbocycles. The van der Waals surface area contributed by atoms with E-state index in [0.29, 0.717) is 21.8 Å². The third-order valence-electron chi connectivity index (χ3n) is 2.85. The van der Waals surface area contributed by atoms with E-state index in [1.807, 2.05) is 0 Å². The molecule has 0 aromatic heterocycles. The number of nitroso groups, excluding NO2 is 1. The van der Waals surface area contributed by atoms with Crippen LogP contribution in [0.25, 0.3) is 11.1 Å². The van der Waals surface area contributed by atoms with Crippen LogP contribution in [0.1, 0.15) is 15.9 Å². The van der Waals surface area contributed by atoms with Gasteiger partial charge in [-0.2, -0.15) is 0 Å². The molecule has 0 fully saturated rings. The van der Waals surface area contributed by atoms with Crippen LogP contribution in [0.3, 0.4) is 0 Å². The predicted octanol–water partition coefficient (Wildman–Crippen LogP) is 3.49. The zero-order chi connectivity index (χ0) is 14.7. The van der Waals surface area contributed by atoms with Crippen molar-refractivity contribution in [2.45, 2.75) is 0 Å². The molecule has 3 N–H and O–H groups in total. The van der Waals surface area contributed by atoms with E-state index in [1.54, 1.807) is 24.3 Å². The highest BCUT2D eigenvalue weighted by Crippen LogP contribution is 2.30. The highest BCUT2D eigenvalue weighted by atomic mass is 35.5. The Labute approximate surface area is 119 Å². The molecule has 0 spiro atoms. The number of nitrogens with one attached hydrogen (secondary N) is 1. The first-order valence-electron chi connectivity index (χ1n) is 5.64. The van der Waals surface area contributed by atoms with Crippen molar-refractivity contribution in [1.29, 1.82) is 5.41 Å². The molecule has 6 heteroatoms. The molecule has 100 valence electrons. The molecule has 1 amide bonds. The quantitative estimate of drug-likeness (QED) is 0.513. The summed E-state index contributed by atoms with van der Waals surface area (Å²) in [5.41, 5.74) is 8.39. The Bertz CT molecular complexity index is 696. The van der Waals surface area contributed by atoms with Crippen molar-refractivity contribution in [1.82, 2.24) is 0 Å².